The molecule has 1 aromatic carbocycles. The molecule has 1 aliphatic carbocycles. The standard InChI is InChI=1S/C12H10S/c1-8-6-10-7-9-4-2-3-5-11(9)12(10)13-8/h2-6H,7H2,1H3. The number of aryl methyl sites for hydroxylation is 1. The van der Waals surface area contributed by atoms with Crippen molar-refractivity contribution in [2.24, 2.45) is 0 Å². The van der Waals surface area contributed by atoms with Crippen LogP contribution in [0.5, 0.6) is 0 Å². The van der Waals surface area contributed by atoms with Crippen LogP contribution >= 0.6 is 11.3 Å². The maximum absolute atomic E-state index is 2.32. The normalized spacial score (nSPS) is 12.7. The second-order valence-electron chi connectivity index (χ2n) is 3.55. The molecule has 0 bridgehead atoms. The van der Waals surface area contributed by atoms with Gasteiger partial charge in [0.05, 0.1) is 0 Å². The topological polar surface area (TPSA) is 0 Å². The van der Waals surface area contributed by atoms with Crippen molar-refractivity contribution in [3.05, 3.63) is 46.3 Å². The van der Waals surface area contributed by atoms with E-state index in [0.29, 0.717) is 0 Å². The van der Waals surface area contributed by atoms with Crippen LogP contribution in [-0.4, -0.2) is 0 Å². The lowest BCUT2D eigenvalue weighted by atomic mass is 10.1. The van der Waals surface area contributed by atoms with Gasteiger partial charge in [0.1, 0.15) is 0 Å². The lowest BCUT2D eigenvalue weighted by molar-refractivity contribution is 1.27. The molecule has 1 heterocycles. The third-order valence-corrected chi connectivity index (χ3v) is 3.70. The first-order valence-corrected chi connectivity index (χ1v) is 5.34. The third kappa shape index (κ3) is 0.971. The molecule has 3 rings (SSSR count). The van der Waals surface area contributed by atoms with Crippen molar-refractivity contribution in [1.82, 2.24) is 0 Å². The van der Waals surface area contributed by atoms with Crippen LogP contribution in [0.1, 0.15) is 16.0 Å². The lowest BCUT2D eigenvalue weighted by Gasteiger charge is -1.96. The number of hydrogen-bond donors (Lipinski definition) is 0. The highest BCUT2D eigenvalue weighted by atomic mass is 32.1. The second kappa shape index (κ2) is 2.46. The van der Waals surface area contributed by atoms with Gasteiger partial charge in [0.25, 0.3) is 0 Å². The Morgan fingerprint density at radius 3 is 2.92 bits per heavy atom. The zero-order chi connectivity index (χ0) is 8.84. The fourth-order valence-corrected chi connectivity index (χ4v) is 3.12. The number of benzene rings is 1. The molecular formula is C12H10S. The van der Waals surface area contributed by atoms with E-state index in [4.69, 9.17) is 0 Å². The molecule has 0 N–H and O–H groups in total. The van der Waals surface area contributed by atoms with Gasteiger partial charge in [-0.25, -0.2) is 0 Å². The van der Waals surface area contributed by atoms with E-state index in [1.807, 2.05) is 11.3 Å². The van der Waals surface area contributed by atoms with Crippen molar-refractivity contribution in [1.29, 1.82) is 0 Å². The molecule has 2 aromatic rings. The largest absolute Gasteiger partial charge is 0.140 e. The first kappa shape index (κ1) is 7.34. The number of thiophene rings is 1. The molecule has 0 nitrogen and oxygen atoms in total. The van der Waals surface area contributed by atoms with Crippen molar-refractivity contribution >= 4 is 11.3 Å². The van der Waals surface area contributed by atoms with Crippen LogP contribution in [0.4, 0.5) is 0 Å². The Morgan fingerprint density at radius 2 is 2.00 bits per heavy atom. The SMILES string of the molecule is Cc1cc2c(s1)-c1ccccc1C2. The highest BCUT2D eigenvalue weighted by Gasteiger charge is 2.19. The molecule has 13 heavy (non-hydrogen) atoms. The quantitative estimate of drug-likeness (QED) is 0.503. The molecule has 1 heteroatoms. The van der Waals surface area contributed by atoms with E-state index >= 15 is 0 Å². The van der Waals surface area contributed by atoms with Gasteiger partial charge < -0.3 is 0 Å². The van der Waals surface area contributed by atoms with Gasteiger partial charge >= 0.3 is 0 Å². The van der Waals surface area contributed by atoms with Gasteiger partial charge in [-0.2, -0.15) is 0 Å². The third-order valence-electron chi connectivity index (χ3n) is 2.58. The summed E-state index contributed by atoms with van der Waals surface area (Å²) in [7, 11) is 0. The molecular weight excluding hydrogens is 176 g/mol. The van der Waals surface area contributed by atoms with E-state index in [1.165, 1.54) is 26.4 Å². The molecule has 0 unspecified atom stereocenters. The minimum Gasteiger partial charge on any atom is -0.140 e. The Labute approximate surface area is 81.9 Å². The summed E-state index contributed by atoms with van der Waals surface area (Å²) in [6, 6.07) is 11.0. The van der Waals surface area contributed by atoms with Crippen molar-refractivity contribution in [3.8, 4) is 10.4 Å². The van der Waals surface area contributed by atoms with Crippen molar-refractivity contribution in [3.63, 3.8) is 0 Å². The summed E-state index contributed by atoms with van der Waals surface area (Å²) < 4.78 is 0. The van der Waals surface area contributed by atoms with E-state index in [1.54, 1.807) is 0 Å². The highest BCUT2D eigenvalue weighted by molar-refractivity contribution is 7.15. The molecule has 0 saturated heterocycles. The van der Waals surface area contributed by atoms with E-state index < -0.39 is 0 Å². The van der Waals surface area contributed by atoms with Crippen LogP contribution in [-0.2, 0) is 6.42 Å². The number of fused-ring (bicyclic) bond motifs is 3. The van der Waals surface area contributed by atoms with Crippen molar-refractivity contribution in [2.75, 3.05) is 0 Å². The summed E-state index contributed by atoms with van der Waals surface area (Å²) in [5.74, 6) is 0. The molecule has 0 radical (unpaired) electrons. The monoisotopic (exact) mass is 186 g/mol. The van der Waals surface area contributed by atoms with Crippen molar-refractivity contribution in [2.45, 2.75) is 13.3 Å². The van der Waals surface area contributed by atoms with Crippen molar-refractivity contribution < 1.29 is 0 Å². The van der Waals surface area contributed by atoms with Gasteiger partial charge in [-0.3, -0.25) is 0 Å². The van der Waals surface area contributed by atoms with E-state index in [-0.39, 0.29) is 0 Å². The summed E-state index contributed by atoms with van der Waals surface area (Å²) in [5.41, 5.74) is 4.46. The Bertz CT molecular complexity index is 466. The van der Waals surface area contributed by atoms with Crippen LogP contribution in [0.15, 0.2) is 30.3 Å². The summed E-state index contributed by atoms with van der Waals surface area (Å²) in [4.78, 5) is 2.92. The molecule has 1 aromatic heterocycles. The van der Waals surface area contributed by atoms with E-state index in [0.717, 1.165) is 6.42 Å². The first-order chi connectivity index (χ1) is 6.34. The highest BCUT2D eigenvalue weighted by Crippen LogP contribution is 2.41. The van der Waals surface area contributed by atoms with Gasteiger partial charge in [0, 0.05) is 9.75 Å². The predicted molar refractivity (Wildman–Crippen MR) is 57.3 cm³/mol. The fraction of sp³-hybridized carbons (Fsp3) is 0.167. The predicted octanol–water partition coefficient (Wildman–Crippen LogP) is 3.63. The smallest absolute Gasteiger partial charge is 0.0383 e. The zero-order valence-electron chi connectivity index (χ0n) is 7.50. The van der Waals surface area contributed by atoms with Gasteiger partial charge in [0.2, 0.25) is 0 Å². The summed E-state index contributed by atoms with van der Waals surface area (Å²) >= 11 is 1.92. The molecule has 1 aliphatic rings. The molecule has 0 aliphatic heterocycles. The number of rotatable bonds is 0. The number of hydrogen-bond acceptors (Lipinski definition) is 1. The van der Waals surface area contributed by atoms with Crippen LogP contribution in [0.2, 0.25) is 0 Å². The molecule has 0 saturated carbocycles. The maximum atomic E-state index is 2.32. The molecule has 0 fully saturated rings. The van der Waals surface area contributed by atoms with Gasteiger partial charge in [-0.15, -0.1) is 11.3 Å². The Kier molecular flexibility index (Phi) is 1.39. The lowest BCUT2D eigenvalue weighted by Crippen LogP contribution is -1.77. The molecule has 0 amide bonds. The molecule has 0 atom stereocenters. The van der Waals surface area contributed by atoms with E-state index in [9.17, 15) is 0 Å². The minimum absolute atomic E-state index is 1.13. The Hall–Kier alpha value is -1.08. The van der Waals surface area contributed by atoms with Gasteiger partial charge in [-0.1, -0.05) is 24.3 Å². The average Bonchev–Trinajstić information content (AvgIpc) is 2.60. The Morgan fingerprint density at radius 1 is 1.15 bits per heavy atom. The fourth-order valence-electron chi connectivity index (χ4n) is 2.03. The molecule has 64 valence electrons. The van der Waals surface area contributed by atoms with Gasteiger partial charge in [-0.05, 0) is 36.1 Å². The molecule has 0 spiro atoms. The average molecular weight is 186 g/mol. The second-order valence-corrected chi connectivity index (χ2v) is 4.80. The maximum Gasteiger partial charge on any atom is 0.0383 e. The summed E-state index contributed by atoms with van der Waals surface area (Å²) in [6.07, 6.45) is 1.13. The Balaban J connectivity index is 2.30. The van der Waals surface area contributed by atoms with Crippen LogP contribution in [0.25, 0.3) is 10.4 Å². The minimum atomic E-state index is 1.13. The van der Waals surface area contributed by atoms with Crippen LogP contribution in [0, 0.1) is 6.92 Å². The zero-order valence-corrected chi connectivity index (χ0v) is 8.32. The van der Waals surface area contributed by atoms with Crippen LogP contribution in [0.3, 0.4) is 0 Å². The summed E-state index contributed by atoms with van der Waals surface area (Å²) in [6.45, 7) is 2.19. The van der Waals surface area contributed by atoms with Crippen LogP contribution < -0.4 is 0 Å². The first-order valence-electron chi connectivity index (χ1n) is 4.52. The van der Waals surface area contributed by atoms with Gasteiger partial charge in [0.15, 0.2) is 0 Å². The van der Waals surface area contributed by atoms with E-state index in [2.05, 4.69) is 37.3 Å². The summed E-state index contributed by atoms with van der Waals surface area (Å²) in [5, 5.41) is 0.